The zero-order valence-electron chi connectivity index (χ0n) is 7.37. The van der Waals surface area contributed by atoms with Crippen LogP contribution in [0.5, 0.6) is 5.75 Å². The number of phenolic OH excluding ortho intramolecular Hbond substituents is 1. The minimum atomic E-state index is -1.04. The third kappa shape index (κ3) is 1.87. The lowest BCUT2D eigenvalue weighted by Crippen LogP contribution is -2.08. The van der Waals surface area contributed by atoms with Gasteiger partial charge in [0.15, 0.2) is 17.9 Å². The molecule has 0 bridgehead atoms. The first-order valence-corrected chi connectivity index (χ1v) is 3.80. The summed E-state index contributed by atoms with van der Waals surface area (Å²) in [6.45, 7) is 1.24. The third-order valence-corrected chi connectivity index (χ3v) is 1.59. The molecule has 0 heterocycles. The Hall–Kier alpha value is -1.91. The van der Waals surface area contributed by atoms with Gasteiger partial charge in [0, 0.05) is 6.92 Å². The van der Waals surface area contributed by atoms with Crippen molar-refractivity contribution in [3.05, 3.63) is 23.5 Å². The van der Waals surface area contributed by atoms with Crippen molar-refractivity contribution >= 4 is 17.9 Å². The van der Waals surface area contributed by atoms with Gasteiger partial charge in [0.05, 0.1) is 11.3 Å². The SMILES string of the molecule is CC(=O)Nc1ccc(O)c(F)c1C=O. The van der Waals surface area contributed by atoms with Crippen LogP contribution in [0.25, 0.3) is 0 Å². The van der Waals surface area contributed by atoms with Crippen molar-refractivity contribution in [1.82, 2.24) is 0 Å². The molecule has 0 atom stereocenters. The Morgan fingerprint density at radius 3 is 2.71 bits per heavy atom. The van der Waals surface area contributed by atoms with Gasteiger partial charge in [0.25, 0.3) is 0 Å². The number of nitrogens with one attached hydrogen (secondary N) is 1. The number of hydrogen-bond donors (Lipinski definition) is 2. The zero-order chi connectivity index (χ0) is 10.7. The fraction of sp³-hybridized carbons (Fsp3) is 0.111. The fourth-order valence-corrected chi connectivity index (χ4v) is 0.995. The third-order valence-electron chi connectivity index (χ3n) is 1.59. The molecule has 14 heavy (non-hydrogen) atoms. The summed E-state index contributed by atoms with van der Waals surface area (Å²) in [6, 6.07) is 2.32. The van der Waals surface area contributed by atoms with Crippen LogP contribution in [0.2, 0.25) is 0 Å². The predicted octanol–water partition coefficient (Wildman–Crippen LogP) is 1.30. The molecule has 2 N–H and O–H groups in total. The molecule has 0 fully saturated rings. The number of phenols is 1. The first-order chi connectivity index (χ1) is 6.56. The van der Waals surface area contributed by atoms with Crippen LogP contribution < -0.4 is 5.32 Å². The van der Waals surface area contributed by atoms with Crippen LogP contribution in [0.1, 0.15) is 17.3 Å². The van der Waals surface area contributed by atoms with Crippen LogP contribution in [-0.2, 0) is 4.79 Å². The predicted molar refractivity (Wildman–Crippen MR) is 47.8 cm³/mol. The molecule has 0 aliphatic rings. The van der Waals surface area contributed by atoms with E-state index < -0.39 is 17.5 Å². The fourth-order valence-electron chi connectivity index (χ4n) is 0.995. The van der Waals surface area contributed by atoms with E-state index in [4.69, 9.17) is 5.11 Å². The quantitative estimate of drug-likeness (QED) is 0.554. The summed E-state index contributed by atoms with van der Waals surface area (Å²) in [6.07, 6.45) is 0.236. The highest BCUT2D eigenvalue weighted by Gasteiger charge is 2.12. The molecule has 0 saturated heterocycles. The van der Waals surface area contributed by atoms with Gasteiger partial charge >= 0.3 is 0 Å². The van der Waals surface area contributed by atoms with Crippen LogP contribution in [0.15, 0.2) is 12.1 Å². The van der Waals surface area contributed by atoms with E-state index in [1.165, 1.54) is 13.0 Å². The Kier molecular flexibility index (Phi) is 2.81. The number of halogens is 1. The normalized spacial score (nSPS) is 9.57. The molecule has 0 spiro atoms. The first-order valence-electron chi connectivity index (χ1n) is 3.80. The summed E-state index contributed by atoms with van der Waals surface area (Å²) in [5.41, 5.74) is -0.317. The largest absolute Gasteiger partial charge is 0.505 e. The highest BCUT2D eigenvalue weighted by atomic mass is 19.1. The highest BCUT2D eigenvalue weighted by Crippen LogP contribution is 2.24. The van der Waals surface area contributed by atoms with Crippen LogP contribution in [-0.4, -0.2) is 17.3 Å². The standard InChI is InChI=1S/C9H8FNO3/c1-5(13)11-7-2-3-8(14)9(10)6(7)4-12/h2-4,14H,1H3,(H,11,13). The Labute approximate surface area is 79.4 Å². The Morgan fingerprint density at radius 1 is 1.57 bits per heavy atom. The van der Waals surface area contributed by atoms with Crippen molar-refractivity contribution in [1.29, 1.82) is 0 Å². The first kappa shape index (κ1) is 10.2. The number of carbonyl (C=O) groups excluding carboxylic acids is 2. The maximum absolute atomic E-state index is 13.1. The minimum Gasteiger partial charge on any atom is -0.505 e. The second-order valence-electron chi connectivity index (χ2n) is 2.66. The summed E-state index contributed by atoms with van der Waals surface area (Å²) in [7, 11) is 0. The summed E-state index contributed by atoms with van der Waals surface area (Å²) in [5, 5.41) is 11.2. The van der Waals surface area contributed by atoms with Gasteiger partial charge in [-0.25, -0.2) is 4.39 Å². The van der Waals surface area contributed by atoms with Crippen molar-refractivity contribution < 1.29 is 19.1 Å². The van der Waals surface area contributed by atoms with Crippen LogP contribution in [0.4, 0.5) is 10.1 Å². The number of aromatic hydroxyl groups is 1. The van der Waals surface area contributed by atoms with Gasteiger partial charge in [-0.2, -0.15) is 0 Å². The van der Waals surface area contributed by atoms with Crippen LogP contribution in [0.3, 0.4) is 0 Å². The highest BCUT2D eigenvalue weighted by molar-refractivity contribution is 5.95. The van der Waals surface area contributed by atoms with Crippen molar-refractivity contribution in [3.8, 4) is 5.75 Å². The van der Waals surface area contributed by atoms with E-state index in [0.29, 0.717) is 0 Å². The van der Waals surface area contributed by atoms with E-state index in [2.05, 4.69) is 5.32 Å². The molecule has 0 radical (unpaired) electrons. The number of amides is 1. The maximum Gasteiger partial charge on any atom is 0.221 e. The summed E-state index contributed by atoms with van der Waals surface area (Å²) < 4.78 is 13.1. The van der Waals surface area contributed by atoms with E-state index in [1.54, 1.807) is 0 Å². The van der Waals surface area contributed by atoms with Crippen molar-refractivity contribution in [2.24, 2.45) is 0 Å². The Balaban J connectivity index is 3.23. The van der Waals surface area contributed by atoms with Gasteiger partial charge in [-0.05, 0) is 12.1 Å². The van der Waals surface area contributed by atoms with Gasteiger partial charge < -0.3 is 10.4 Å². The molecule has 0 aliphatic heterocycles. The minimum absolute atomic E-state index is 0.0443. The molecule has 1 aromatic rings. The van der Waals surface area contributed by atoms with Gasteiger partial charge in [-0.3, -0.25) is 9.59 Å². The van der Waals surface area contributed by atoms with Gasteiger partial charge in [-0.1, -0.05) is 0 Å². The molecule has 0 unspecified atom stereocenters. The van der Waals surface area contributed by atoms with Crippen molar-refractivity contribution in [2.45, 2.75) is 6.92 Å². The number of benzene rings is 1. The molecule has 1 rings (SSSR count). The van der Waals surface area contributed by atoms with E-state index in [9.17, 15) is 14.0 Å². The molecule has 0 saturated carbocycles. The summed E-state index contributed by atoms with van der Waals surface area (Å²) >= 11 is 0. The summed E-state index contributed by atoms with van der Waals surface area (Å²) in [4.78, 5) is 21.1. The number of carbonyl (C=O) groups is 2. The Bertz CT molecular complexity index is 390. The second-order valence-corrected chi connectivity index (χ2v) is 2.66. The molecule has 1 aromatic carbocycles. The lowest BCUT2D eigenvalue weighted by molar-refractivity contribution is -0.114. The monoisotopic (exact) mass is 197 g/mol. The van der Waals surface area contributed by atoms with Crippen molar-refractivity contribution in [2.75, 3.05) is 5.32 Å². The molecule has 4 nitrogen and oxygen atoms in total. The number of anilines is 1. The van der Waals surface area contributed by atoms with Gasteiger partial charge in [0.1, 0.15) is 0 Å². The Morgan fingerprint density at radius 2 is 2.21 bits per heavy atom. The average molecular weight is 197 g/mol. The van der Waals surface area contributed by atoms with Gasteiger partial charge in [0.2, 0.25) is 5.91 Å². The lowest BCUT2D eigenvalue weighted by atomic mass is 10.1. The molecular formula is C9H8FNO3. The molecule has 5 heteroatoms. The summed E-state index contributed by atoms with van der Waals surface area (Å²) in [5.74, 6) is -2.08. The smallest absolute Gasteiger partial charge is 0.221 e. The molecule has 0 aromatic heterocycles. The zero-order valence-corrected chi connectivity index (χ0v) is 7.37. The van der Waals surface area contributed by atoms with E-state index >= 15 is 0 Å². The number of hydrogen-bond acceptors (Lipinski definition) is 3. The topological polar surface area (TPSA) is 66.4 Å². The maximum atomic E-state index is 13.1. The molecular weight excluding hydrogens is 189 g/mol. The van der Waals surface area contributed by atoms with E-state index in [1.807, 2.05) is 0 Å². The van der Waals surface area contributed by atoms with Crippen LogP contribution >= 0.6 is 0 Å². The molecule has 0 aliphatic carbocycles. The molecule has 74 valence electrons. The van der Waals surface area contributed by atoms with Crippen LogP contribution in [0, 0.1) is 5.82 Å². The average Bonchev–Trinajstić information content (AvgIpc) is 2.11. The van der Waals surface area contributed by atoms with Gasteiger partial charge in [-0.15, -0.1) is 0 Å². The van der Waals surface area contributed by atoms with Crippen molar-refractivity contribution in [3.63, 3.8) is 0 Å². The lowest BCUT2D eigenvalue weighted by Gasteiger charge is -2.06. The number of rotatable bonds is 2. The van der Waals surface area contributed by atoms with E-state index in [0.717, 1.165) is 6.07 Å². The number of aldehydes is 1. The van der Waals surface area contributed by atoms with E-state index in [-0.39, 0.29) is 17.5 Å². The second kappa shape index (κ2) is 3.87. The molecule has 1 amide bonds.